The first kappa shape index (κ1) is 18.7. The first-order chi connectivity index (χ1) is 13.6. The van der Waals surface area contributed by atoms with Gasteiger partial charge in [0.1, 0.15) is 5.82 Å². The van der Waals surface area contributed by atoms with Gasteiger partial charge in [-0.15, -0.1) is 0 Å². The number of oxazole rings is 1. The summed E-state index contributed by atoms with van der Waals surface area (Å²) in [6.45, 7) is 0. The Hall–Kier alpha value is -2.66. The fraction of sp³-hybridized carbons (Fsp3) is 0.273. The number of aryl methyl sites for hydroxylation is 1. The first-order valence-electron chi connectivity index (χ1n) is 9.32. The third-order valence-corrected chi connectivity index (χ3v) is 5.49. The summed E-state index contributed by atoms with van der Waals surface area (Å²) in [7, 11) is 0. The molecular formula is C22H20ClFN2O2. The lowest BCUT2D eigenvalue weighted by Gasteiger charge is -2.43. The molecule has 1 aliphatic carbocycles. The molecule has 6 heteroatoms. The van der Waals surface area contributed by atoms with Crippen LogP contribution in [0.25, 0.3) is 11.3 Å². The molecule has 2 aromatic carbocycles. The van der Waals surface area contributed by atoms with Gasteiger partial charge in [-0.3, -0.25) is 4.79 Å². The van der Waals surface area contributed by atoms with E-state index < -0.39 is 0 Å². The Morgan fingerprint density at radius 1 is 1.18 bits per heavy atom. The molecule has 1 heterocycles. The van der Waals surface area contributed by atoms with Crippen LogP contribution in [0.5, 0.6) is 0 Å². The van der Waals surface area contributed by atoms with Gasteiger partial charge in [-0.1, -0.05) is 35.9 Å². The summed E-state index contributed by atoms with van der Waals surface area (Å²) in [5.74, 6) is 0.366. The van der Waals surface area contributed by atoms with E-state index in [1.165, 1.54) is 12.3 Å². The molecule has 1 amide bonds. The second-order valence-electron chi connectivity index (χ2n) is 7.09. The Labute approximate surface area is 167 Å². The van der Waals surface area contributed by atoms with E-state index in [0.717, 1.165) is 24.8 Å². The second kappa shape index (κ2) is 7.76. The number of carbonyl (C=O) groups excluding carboxylic acids is 1. The van der Waals surface area contributed by atoms with Crippen LogP contribution in [0.4, 0.5) is 4.39 Å². The molecule has 1 saturated carbocycles. The van der Waals surface area contributed by atoms with Crippen molar-refractivity contribution in [3.63, 3.8) is 0 Å². The van der Waals surface area contributed by atoms with Gasteiger partial charge >= 0.3 is 0 Å². The number of rotatable bonds is 6. The van der Waals surface area contributed by atoms with Gasteiger partial charge in [0.25, 0.3) is 0 Å². The van der Waals surface area contributed by atoms with Gasteiger partial charge in [-0.05, 0) is 49.1 Å². The van der Waals surface area contributed by atoms with Crippen LogP contribution in [-0.4, -0.2) is 10.9 Å². The highest BCUT2D eigenvalue weighted by Gasteiger charge is 2.39. The number of amides is 1. The number of nitrogens with one attached hydrogen (secondary N) is 1. The van der Waals surface area contributed by atoms with Crippen LogP contribution < -0.4 is 5.32 Å². The minimum absolute atomic E-state index is 0.0553. The molecule has 28 heavy (non-hydrogen) atoms. The van der Waals surface area contributed by atoms with Crippen molar-refractivity contribution in [1.29, 1.82) is 0 Å². The van der Waals surface area contributed by atoms with E-state index in [2.05, 4.69) is 10.3 Å². The van der Waals surface area contributed by atoms with Crippen molar-refractivity contribution in [2.24, 2.45) is 0 Å². The van der Waals surface area contributed by atoms with E-state index in [9.17, 15) is 9.18 Å². The summed E-state index contributed by atoms with van der Waals surface area (Å²) in [5, 5.41) is 3.85. The zero-order valence-electron chi connectivity index (χ0n) is 15.3. The predicted molar refractivity (Wildman–Crippen MR) is 105 cm³/mol. The monoisotopic (exact) mass is 398 g/mol. The lowest BCUT2D eigenvalue weighted by atomic mass is 9.71. The van der Waals surface area contributed by atoms with E-state index in [4.69, 9.17) is 16.0 Å². The second-order valence-corrected chi connectivity index (χ2v) is 7.53. The van der Waals surface area contributed by atoms with Gasteiger partial charge in [-0.2, -0.15) is 0 Å². The Balaban J connectivity index is 1.38. The molecule has 0 spiro atoms. The van der Waals surface area contributed by atoms with Crippen LogP contribution >= 0.6 is 11.6 Å². The van der Waals surface area contributed by atoms with E-state index in [1.807, 2.05) is 24.3 Å². The molecule has 1 aliphatic rings. The third-order valence-electron chi connectivity index (χ3n) is 5.24. The van der Waals surface area contributed by atoms with Crippen molar-refractivity contribution in [1.82, 2.24) is 10.3 Å². The predicted octanol–water partition coefficient (Wildman–Crippen LogP) is 5.26. The normalized spacial score (nSPS) is 15.1. The number of halogens is 2. The fourth-order valence-corrected chi connectivity index (χ4v) is 3.67. The molecule has 0 radical (unpaired) electrons. The van der Waals surface area contributed by atoms with Crippen molar-refractivity contribution in [2.45, 2.75) is 37.6 Å². The Bertz CT molecular complexity index is 980. The molecule has 4 rings (SSSR count). The van der Waals surface area contributed by atoms with Crippen LogP contribution in [0.2, 0.25) is 5.02 Å². The Morgan fingerprint density at radius 2 is 1.93 bits per heavy atom. The van der Waals surface area contributed by atoms with Crippen LogP contribution in [0, 0.1) is 5.82 Å². The fourth-order valence-electron chi connectivity index (χ4n) is 3.55. The summed E-state index contributed by atoms with van der Waals surface area (Å²) in [4.78, 5) is 16.7. The van der Waals surface area contributed by atoms with Crippen molar-refractivity contribution < 1.29 is 13.6 Å². The van der Waals surface area contributed by atoms with Crippen LogP contribution in [0.1, 0.15) is 37.1 Å². The van der Waals surface area contributed by atoms with Gasteiger partial charge in [-0.25, -0.2) is 9.37 Å². The molecule has 0 bridgehead atoms. The van der Waals surface area contributed by atoms with Crippen molar-refractivity contribution in [3.05, 3.63) is 77.0 Å². The summed E-state index contributed by atoms with van der Waals surface area (Å²) >= 11 is 5.97. The number of hydrogen-bond acceptors (Lipinski definition) is 3. The molecule has 1 N–H and O–H groups in total. The number of hydrogen-bond donors (Lipinski definition) is 1. The molecule has 4 nitrogen and oxygen atoms in total. The highest BCUT2D eigenvalue weighted by molar-refractivity contribution is 6.30. The lowest BCUT2D eigenvalue weighted by Crippen LogP contribution is -2.50. The van der Waals surface area contributed by atoms with Gasteiger partial charge in [0.05, 0.1) is 17.3 Å². The van der Waals surface area contributed by atoms with Gasteiger partial charge in [0.15, 0.2) is 11.7 Å². The highest BCUT2D eigenvalue weighted by atomic mass is 35.5. The molecule has 144 valence electrons. The average molecular weight is 399 g/mol. The van der Waals surface area contributed by atoms with Crippen LogP contribution in [0.3, 0.4) is 0 Å². The molecule has 3 aromatic rings. The molecule has 0 saturated heterocycles. The Morgan fingerprint density at radius 3 is 2.61 bits per heavy atom. The van der Waals surface area contributed by atoms with E-state index in [0.29, 0.717) is 28.7 Å². The zero-order valence-corrected chi connectivity index (χ0v) is 16.0. The topological polar surface area (TPSA) is 55.1 Å². The minimum Gasteiger partial charge on any atom is -0.441 e. The van der Waals surface area contributed by atoms with Crippen LogP contribution in [-0.2, 0) is 16.8 Å². The third kappa shape index (κ3) is 3.80. The van der Waals surface area contributed by atoms with E-state index >= 15 is 0 Å². The van der Waals surface area contributed by atoms with Gasteiger partial charge in [0.2, 0.25) is 5.91 Å². The molecule has 0 atom stereocenters. The van der Waals surface area contributed by atoms with Gasteiger partial charge in [0, 0.05) is 17.9 Å². The largest absolute Gasteiger partial charge is 0.441 e. The first-order valence-corrected chi connectivity index (χ1v) is 9.70. The lowest BCUT2D eigenvalue weighted by molar-refractivity contribution is -0.124. The van der Waals surface area contributed by atoms with E-state index in [-0.39, 0.29) is 23.7 Å². The van der Waals surface area contributed by atoms with Gasteiger partial charge < -0.3 is 9.73 Å². The summed E-state index contributed by atoms with van der Waals surface area (Å²) in [5.41, 5.74) is 1.13. The SMILES string of the molecule is O=C(CCc1ncc(-c2ccccc2F)o1)NC1(c2ccc(Cl)cc2)CCC1. The van der Waals surface area contributed by atoms with E-state index in [1.54, 1.807) is 18.2 Å². The van der Waals surface area contributed by atoms with Crippen LogP contribution in [0.15, 0.2) is 59.1 Å². The maximum atomic E-state index is 13.9. The standard InChI is InChI=1S/C22H20ClFN2O2/c23-16-8-6-15(7-9-16)22(12-3-13-22)26-20(27)10-11-21-25-14-19(28-21)17-4-1-2-5-18(17)24/h1-2,4-9,14H,3,10-13H2,(H,26,27). The molecule has 0 aliphatic heterocycles. The quantitative estimate of drug-likeness (QED) is 0.616. The maximum absolute atomic E-state index is 13.9. The maximum Gasteiger partial charge on any atom is 0.221 e. The molecule has 1 fully saturated rings. The average Bonchev–Trinajstić information content (AvgIpc) is 3.13. The molecule has 0 unspecified atom stereocenters. The number of nitrogens with zero attached hydrogens (tertiary/aromatic N) is 1. The number of carbonyl (C=O) groups is 1. The molecule has 1 aromatic heterocycles. The zero-order chi connectivity index (χ0) is 19.6. The number of benzene rings is 2. The van der Waals surface area contributed by atoms with Crippen molar-refractivity contribution in [3.8, 4) is 11.3 Å². The summed E-state index contributed by atoms with van der Waals surface area (Å²) < 4.78 is 19.5. The summed E-state index contributed by atoms with van der Waals surface area (Å²) in [6.07, 6.45) is 5.01. The Kier molecular flexibility index (Phi) is 5.18. The van der Waals surface area contributed by atoms with Crippen molar-refractivity contribution >= 4 is 17.5 Å². The van der Waals surface area contributed by atoms with Crippen molar-refractivity contribution in [2.75, 3.05) is 0 Å². The summed E-state index contributed by atoms with van der Waals surface area (Å²) in [6, 6.07) is 14.0. The number of aromatic nitrogens is 1. The minimum atomic E-state index is -0.363. The highest BCUT2D eigenvalue weighted by Crippen LogP contribution is 2.41. The molecular weight excluding hydrogens is 379 g/mol. The smallest absolute Gasteiger partial charge is 0.221 e.